The van der Waals surface area contributed by atoms with Gasteiger partial charge in [-0.05, 0) is 30.4 Å². The topological polar surface area (TPSA) is 46.2 Å². The molecule has 0 saturated heterocycles. The highest BCUT2D eigenvalue weighted by atomic mass is 32.2. The van der Waals surface area contributed by atoms with Crippen LogP contribution in [0, 0.1) is 11.2 Å². The van der Waals surface area contributed by atoms with Gasteiger partial charge < -0.3 is 0 Å². The van der Waals surface area contributed by atoms with Gasteiger partial charge in [-0.15, -0.1) is 0 Å². The Morgan fingerprint density at radius 1 is 1.35 bits per heavy atom. The molecule has 0 heterocycles. The number of nitrogens with one attached hydrogen (secondary N) is 1. The van der Waals surface area contributed by atoms with Gasteiger partial charge in [-0.25, -0.2) is 17.5 Å². The van der Waals surface area contributed by atoms with Gasteiger partial charge in [-0.1, -0.05) is 25.5 Å². The molecule has 3 nitrogen and oxygen atoms in total. The Balaban J connectivity index is 2.12. The van der Waals surface area contributed by atoms with Gasteiger partial charge in [0.1, 0.15) is 10.7 Å². The summed E-state index contributed by atoms with van der Waals surface area (Å²) < 4.78 is 39.6. The molecule has 94 valence electrons. The maximum Gasteiger partial charge on any atom is 0.243 e. The summed E-state index contributed by atoms with van der Waals surface area (Å²) in [6.45, 7) is 2.42. The van der Waals surface area contributed by atoms with Gasteiger partial charge in [-0.2, -0.15) is 0 Å². The first-order valence-corrected chi connectivity index (χ1v) is 7.16. The molecular formula is C12H16FNO2S. The lowest BCUT2D eigenvalue weighted by atomic mass is 9.71. The van der Waals surface area contributed by atoms with E-state index >= 15 is 0 Å². The summed E-state index contributed by atoms with van der Waals surface area (Å²) in [7, 11) is -3.73. The number of halogens is 1. The minimum atomic E-state index is -3.73. The highest BCUT2D eigenvalue weighted by Gasteiger charge is 2.33. The quantitative estimate of drug-likeness (QED) is 0.899. The van der Waals surface area contributed by atoms with Crippen molar-refractivity contribution in [1.29, 1.82) is 0 Å². The van der Waals surface area contributed by atoms with Crippen molar-refractivity contribution in [3.05, 3.63) is 30.1 Å². The molecule has 2 rings (SSSR count). The van der Waals surface area contributed by atoms with E-state index < -0.39 is 15.8 Å². The van der Waals surface area contributed by atoms with Gasteiger partial charge in [0.05, 0.1) is 0 Å². The highest BCUT2D eigenvalue weighted by molar-refractivity contribution is 7.89. The summed E-state index contributed by atoms with van der Waals surface area (Å²) >= 11 is 0. The highest BCUT2D eigenvalue weighted by Crippen LogP contribution is 2.39. The standard InChI is InChI=1S/C12H16FNO2S/c1-12(7-4-8-12)9-14-17(15,16)11-6-3-2-5-10(11)13/h2-3,5-6,14H,4,7-9H2,1H3. The fourth-order valence-electron chi connectivity index (χ4n) is 1.97. The van der Waals surface area contributed by atoms with Gasteiger partial charge in [0.2, 0.25) is 10.0 Å². The average Bonchev–Trinajstić information content (AvgIpc) is 2.24. The molecule has 0 unspecified atom stereocenters. The molecule has 0 bridgehead atoms. The van der Waals surface area contributed by atoms with Crippen LogP contribution in [-0.2, 0) is 10.0 Å². The van der Waals surface area contributed by atoms with Gasteiger partial charge in [0.25, 0.3) is 0 Å². The van der Waals surface area contributed by atoms with Crippen LogP contribution in [0.25, 0.3) is 0 Å². The first kappa shape index (κ1) is 12.5. The molecule has 1 fully saturated rings. The van der Waals surface area contributed by atoms with E-state index in [0.29, 0.717) is 6.54 Å². The second-order valence-electron chi connectivity index (χ2n) is 4.92. The molecule has 0 spiro atoms. The van der Waals surface area contributed by atoms with Crippen LogP contribution in [0.2, 0.25) is 0 Å². The van der Waals surface area contributed by atoms with Crippen LogP contribution in [0.3, 0.4) is 0 Å². The Labute approximate surface area is 101 Å². The van der Waals surface area contributed by atoms with E-state index in [-0.39, 0.29) is 10.3 Å². The Bertz CT molecular complexity index is 509. The summed E-state index contributed by atoms with van der Waals surface area (Å²) in [5.74, 6) is -0.709. The third kappa shape index (κ3) is 2.66. The molecule has 0 aromatic heterocycles. The molecule has 0 atom stereocenters. The summed E-state index contributed by atoms with van der Waals surface area (Å²) in [6.07, 6.45) is 3.18. The molecule has 1 aromatic rings. The molecule has 1 aliphatic carbocycles. The van der Waals surface area contributed by atoms with Crippen molar-refractivity contribution in [2.75, 3.05) is 6.54 Å². The Morgan fingerprint density at radius 3 is 2.53 bits per heavy atom. The van der Waals surface area contributed by atoms with E-state index in [1.165, 1.54) is 18.2 Å². The molecule has 1 N–H and O–H groups in total. The fraction of sp³-hybridized carbons (Fsp3) is 0.500. The van der Waals surface area contributed by atoms with Crippen molar-refractivity contribution >= 4 is 10.0 Å². The second kappa shape index (κ2) is 4.38. The smallest absolute Gasteiger partial charge is 0.211 e. The lowest BCUT2D eigenvalue weighted by Gasteiger charge is -2.38. The number of hydrogen-bond acceptors (Lipinski definition) is 2. The number of rotatable bonds is 4. The van der Waals surface area contributed by atoms with Gasteiger partial charge in [-0.3, -0.25) is 0 Å². The molecule has 1 aliphatic rings. The van der Waals surface area contributed by atoms with E-state index in [4.69, 9.17) is 0 Å². The molecular weight excluding hydrogens is 241 g/mol. The van der Waals surface area contributed by atoms with Gasteiger partial charge >= 0.3 is 0 Å². The number of hydrogen-bond donors (Lipinski definition) is 1. The second-order valence-corrected chi connectivity index (χ2v) is 6.65. The molecule has 17 heavy (non-hydrogen) atoms. The number of sulfonamides is 1. The Kier molecular flexibility index (Phi) is 3.23. The lowest BCUT2D eigenvalue weighted by Crippen LogP contribution is -2.40. The molecule has 0 aliphatic heterocycles. The summed E-state index contributed by atoms with van der Waals surface area (Å²) in [5.41, 5.74) is 0.0400. The van der Waals surface area contributed by atoms with Crippen LogP contribution < -0.4 is 4.72 Å². The van der Waals surface area contributed by atoms with Crippen LogP contribution >= 0.6 is 0 Å². The Morgan fingerprint density at radius 2 is 2.00 bits per heavy atom. The average molecular weight is 257 g/mol. The summed E-state index contributed by atoms with van der Waals surface area (Å²) in [4.78, 5) is -0.275. The maximum atomic E-state index is 13.4. The number of benzene rings is 1. The summed E-state index contributed by atoms with van der Waals surface area (Å²) in [6, 6.07) is 5.42. The lowest BCUT2D eigenvalue weighted by molar-refractivity contribution is 0.166. The normalized spacial score (nSPS) is 18.7. The molecule has 1 saturated carbocycles. The van der Waals surface area contributed by atoms with Crippen molar-refractivity contribution < 1.29 is 12.8 Å². The van der Waals surface area contributed by atoms with Gasteiger partial charge in [0, 0.05) is 6.54 Å². The molecule has 0 radical (unpaired) electrons. The maximum absolute atomic E-state index is 13.4. The SMILES string of the molecule is CC1(CNS(=O)(=O)c2ccccc2F)CCC1. The third-order valence-electron chi connectivity index (χ3n) is 3.38. The minimum Gasteiger partial charge on any atom is -0.211 e. The zero-order valence-corrected chi connectivity index (χ0v) is 10.6. The van der Waals surface area contributed by atoms with Crippen LogP contribution in [0.15, 0.2) is 29.2 Å². The minimum absolute atomic E-state index is 0.0400. The summed E-state index contributed by atoms with van der Waals surface area (Å²) in [5, 5.41) is 0. The first-order valence-electron chi connectivity index (χ1n) is 5.67. The van der Waals surface area contributed by atoms with E-state index in [1.54, 1.807) is 0 Å². The van der Waals surface area contributed by atoms with Crippen molar-refractivity contribution in [3.63, 3.8) is 0 Å². The zero-order valence-electron chi connectivity index (χ0n) is 9.74. The molecule has 0 amide bonds. The van der Waals surface area contributed by atoms with Crippen molar-refractivity contribution in [2.24, 2.45) is 5.41 Å². The van der Waals surface area contributed by atoms with Gasteiger partial charge in [0.15, 0.2) is 0 Å². The van der Waals surface area contributed by atoms with Crippen molar-refractivity contribution in [2.45, 2.75) is 31.1 Å². The first-order chi connectivity index (χ1) is 7.93. The van der Waals surface area contributed by atoms with Crippen LogP contribution in [0.4, 0.5) is 4.39 Å². The monoisotopic (exact) mass is 257 g/mol. The van der Waals surface area contributed by atoms with E-state index in [2.05, 4.69) is 4.72 Å². The van der Waals surface area contributed by atoms with E-state index in [9.17, 15) is 12.8 Å². The predicted octanol–water partition coefficient (Wildman–Crippen LogP) is 2.29. The van der Waals surface area contributed by atoms with Crippen LogP contribution in [-0.4, -0.2) is 15.0 Å². The van der Waals surface area contributed by atoms with Crippen molar-refractivity contribution in [3.8, 4) is 0 Å². The molecule has 5 heteroatoms. The largest absolute Gasteiger partial charge is 0.243 e. The predicted molar refractivity (Wildman–Crippen MR) is 63.5 cm³/mol. The van der Waals surface area contributed by atoms with Crippen LogP contribution in [0.1, 0.15) is 26.2 Å². The van der Waals surface area contributed by atoms with E-state index in [1.807, 2.05) is 6.92 Å². The zero-order chi connectivity index (χ0) is 12.5. The Hall–Kier alpha value is -0.940. The molecule has 1 aromatic carbocycles. The van der Waals surface area contributed by atoms with Crippen molar-refractivity contribution in [1.82, 2.24) is 4.72 Å². The fourth-order valence-corrected chi connectivity index (χ4v) is 3.24. The third-order valence-corrected chi connectivity index (χ3v) is 4.81. The van der Waals surface area contributed by atoms with Crippen LogP contribution in [0.5, 0.6) is 0 Å². The van der Waals surface area contributed by atoms with E-state index in [0.717, 1.165) is 25.3 Å².